The molecule has 0 atom stereocenters. The molecule has 0 aromatic carbocycles. The minimum absolute atomic E-state index is 0.0780. The Hall–Kier alpha value is -2.76. The van der Waals surface area contributed by atoms with Crippen LogP contribution in [0.25, 0.3) is 12.2 Å². The number of nitrogens with zero attached hydrogens (tertiary/aromatic N) is 4. The molecular formula is C30H41BrN6O2S2. The van der Waals surface area contributed by atoms with Gasteiger partial charge in [0, 0.05) is 50.2 Å². The van der Waals surface area contributed by atoms with Crippen molar-refractivity contribution < 1.29 is 9.59 Å². The average Bonchev–Trinajstić information content (AvgIpc) is 3.42. The van der Waals surface area contributed by atoms with E-state index in [-0.39, 0.29) is 11.8 Å². The molecule has 2 aliphatic rings. The van der Waals surface area contributed by atoms with E-state index < -0.39 is 0 Å². The molecule has 0 unspecified atom stereocenters. The average molecular weight is 662 g/mol. The molecule has 2 aromatic rings. The van der Waals surface area contributed by atoms with E-state index in [9.17, 15) is 9.59 Å². The molecule has 0 spiro atoms. The van der Waals surface area contributed by atoms with Crippen LogP contribution in [0.15, 0.2) is 42.4 Å². The molecule has 2 aliphatic heterocycles. The molecule has 8 nitrogen and oxygen atoms in total. The maximum absolute atomic E-state index is 12.7. The van der Waals surface area contributed by atoms with Gasteiger partial charge in [0.2, 0.25) is 11.8 Å². The van der Waals surface area contributed by atoms with Crippen molar-refractivity contribution in [3.8, 4) is 0 Å². The Kier molecular flexibility index (Phi) is 12.8. The van der Waals surface area contributed by atoms with Gasteiger partial charge in [-0.3, -0.25) is 9.59 Å². The molecule has 0 aliphatic carbocycles. The zero-order valence-corrected chi connectivity index (χ0v) is 27.6. The predicted molar refractivity (Wildman–Crippen MR) is 178 cm³/mol. The Bertz CT molecular complexity index is 1330. The first-order chi connectivity index (χ1) is 19.7. The smallest absolute Gasteiger partial charge is 0.250 e. The Morgan fingerprint density at radius 1 is 0.805 bits per heavy atom. The van der Waals surface area contributed by atoms with Crippen molar-refractivity contribution in [3.05, 3.63) is 42.2 Å². The number of thiophene rings is 2. The standard InChI is InChI=1S/C15H20BrN3OS.C15H21N3OS/c1-3-5-19(6-4-2)15(20)10-7-12-11(9-13(16)21-12)18-14(17)8-10;1-3-6-18(7-4-2)15(19)11-9-13-12(5-8-20-13)17-14(16)10-11/h7,9H,3-6,8H2,1-2H3,(H2,17,18);5,8-9H,3-4,6-7,10H2,1-2H3,(H2,16,17). The Morgan fingerprint density at radius 2 is 1.27 bits per heavy atom. The summed E-state index contributed by atoms with van der Waals surface area (Å²) in [6, 6.07) is 3.87. The number of nitrogens with two attached hydrogens (primary N) is 2. The maximum Gasteiger partial charge on any atom is 0.250 e. The molecule has 41 heavy (non-hydrogen) atoms. The van der Waals surface area contributed by atoms with Crippen LogP contribution in [0.3, 0.4) is 0 Å². The number of hydrogen-bond donors (Lipinski definition) is 2. The SMILES string of the molecule is CCCN(CCC)C(=O)C1=Cc2sc(Br)cc2N=C(N)C1.CCCN(CCC)C(=O)C1=Cc2sccc2N=C(N)C1. The number of carbonyl (C=O) groups excluding carboxylic acids is 2. The number of aliphatic imine (C=N–C) groups is 2. The van der Waals surface area contributed by atoms with Gasteiger partial charge >= 0.3 is 0 Å². The van der Waals surface area contributed by atoms with Gasteiger partial charge in [0.05, 0.1) is 24.9 Å². The van der Waals surface area contributed by atoms with Crippen LogP contribution in [0.1, 0.15) is 76.0 Å². The molecule has 4 heterocycles. The molecular weight excluding hydrogens is 620 g/mol. The van der Waals surface area contributed by atoms with E-state index in [2.05, 4.69) is 53.6 Å². The molecule has 0 saturated heterocycles. The third kappa shape index (κ3) is 9.11. The fourth-order valence-corrected chi connectivity index (χ4v) is 6.98. The van der Waals surface area contributed by atoms with Crippen molar-refractivity contribution in [1.82, 2.24) is 9.80 Å². The van der Waals surface area contributed by atoms with E-state index in [0.29, 0.717) is 24.5 Å². The van der Waals surface area contributed by atoms with Crippen LogP contribution in [0.2, 0.25) is 0 Å². The molecule has 2 amide bonds. The highest BCUT2D eigenvalue weighted by Gasteiger charge is 2.22. The minimum atomic E-state index is 0.0780. The highest BCUT2D eigenvalue weighted by molar-refractivity contribution is 9.11. The van der Waals surface area contributed by atoms with Gasteiger partial charge in [0.15, 0.2) is 0 Å². The van der Waals surface area contributed by atoms with Crippen LogP contribution in [-0.2, 0) is 9.59 Å². The Balaban J connectivity index is 0.000000226. The van der Waals surface area contributed by atoms with Crippen molar-refractivity contribution in [2.45, 2.75) is 66.2 Å². The highest BCUT2D eigenvalue weighted by Crippen LogP contribution is 2.37. The number of amides is 2. The van der Waals surface area contributed by atoms with Crippen molar-refractivity contribution in [1.29, 1.82) is 0 Å². The highest BCUT2D eigenvalue weighted by atomic mass is 79.9. The second-order valence-electron chi connectivity index (χ2n) is 9.95. The van der Waals surface area contributed by atoms with Gasteiger partial charge in [-0.2, -0.15) is 0 Å². The lowest BCUT2D eigenvalue weighted by Crippen LogP contribution is -2.34. The van der Waals surface area contributed by atoms with Crippen LogP contribution >= 0.6 is 38.6 Å². The van der Waals surface area contributed by atoms with E-state index in [1.54, 1.807) is 22.7 Å². The number of halogens is 1. The van der Waals surface area contributed by atoms with Gasteiger partial charge in [-0.15, -0.1) is 22.7 Å². The number of fused-ring (bicyclic) bond motifs is 2. The third-order valence-corrected chi connectivity index (χ3v) is 8.79. The second kappa shape index (κ2) is 16.0. The fraction of sp³-hybridized carbons (Fsp3) is 0.467. The summed E-state index contributed by atoms with van der Waals surface area (Å²) in [5.74, 6) is 1.17. The predicted octanol–water partition coefficient (Wildman–Crippen LogP) is 7.11. The summed E-state index contributed by atoms with van der Waals surface area (Å²) in [7, 11) is 0. The second-order valence-corrected chi connectivity index (χ2v) is 13.4. The van der Waals surface area contributed by atoms with Crippen LogP contribution in [0, 0.1) is 0 Å². The van der Waals surface area contributed by atoms with Crippen molar-refractivity contribution in [2.24, 2.45) is 21.5 Å². The number of amidine groups is 2. The van der Waals surface area contributed by atoms with Gasteiger partial charge < -0.3 is 21.3 Å². The molecule has 0 saturated carbocycles. The Morgan fingerprint density at radius 3 is 1.76 bits per heavy atom. The summed E-state index contributed by atoms with van der Waals surface area (Å²) in [5.41, 5.74) is 15.1. The summed E-state index contributed by atoms with van der Waals surface area (Å²) < 4.78 is 0.993. The third-order valence-electron chi connectivity index (χ3n) is 6.36. The molecule has 4 N–H and O–H groups in total. The van der Waals surface area contributed by atoms with Gasteiger partial charge in [0.25, 0.3) is 0 Å². The van der Waals surface area contributed by atoms with E-state index in [0.717, 1.165) is 87.9 Å². The van der Waals surface area contributed by atoms with Crippen LogP contribution < -0.4 is 11.5 Å². The lowest BCUT2D eigenvalue weighted by atomic mass is 10.1. The normalized spacial score (nSPS) is 14.1. The van der Waals surface area contributed by atoms with E-state index in [1.165, 1.54) is 0 Å². The lowest BCUT2D eigenvalue weighted by Gasteiger charge is -2.22. The first-order valence-corrected chi connectivity index (χ1v) is 16.7. The molecule has 4 rings (SSSR count). The summed E-state index contributed by atoms with van der Waals surface area (Å²) in [5, 5.41) is 1.97. The zero-order valence-electron chi connectivity index (χ0n) is 24.4. The van der Waals surface area contributed by atoms with Crippen LogP contribution in [-0.4, -0.2) is 59.5 Å². The molecule has 0 radical (unpaired) electrons. The van der Waals surface area contributed by atoms with E-state index in [4.69, 9.17) is 11.5 Å². The van der Waals surface area contributed by atoms with Gasteiger partial charge in [-0.25, -0.2) is 9.98 Å². The molecule has 2 aromatic heterocycles. The minimum Gasteiger partial charge on any atom is -0.387 e. The summed E-state index contributed by atoms with van der Waals surface area (Å²) >= 11 is 6.62. The lowest BCUT2D eigenvalue weighted by molar-refractivity contribution is -0.128. The van der Waals surface area contributed by atoms with E-state index in [1.807, 2.05) is 39.5 Å². The largest absolute Gasteiger partial charge is 0.387 e. The van der Waals surface area contributed by atoms with Crippen LogP contribution in [0.5, 0.6) is 0 Å². The zero-order chi connectivity index (χ0) is 29.9. The summed E-state index contributed by atoms with van der Waals surface area (Å²) in [6.45, 7) is 11.5. The number of hydrogen-bond acceptors (Lipinski definition) is 8. The topological polar surface area (TPSA) is 117 Å². The van der Waals surface area contributed by atoms with Crippen molar-refractivity contribution in [2.75, 3.05) is 26.2 Å². The molecule has 0 bridgehead atoms. The fourth-order valence-electron chi connectivity index (χ4n) is 4.66. The van der Waals surface area contributed by atoms with Crippen molar-refractivity contribution >= 4 is 85.6 Å². The number of rotatable bonds is 10. The molecule has 0 fully saturated rings. The van der Waals surface area contributed by atoms with Crippen LogP contribution in [0.4, 0.5) is 11.4 Å². The van der Waals surface area contributed by atoms with E-state index >= 15 is 0 Å². The number of carbonyl (C=O) groups is 2. The summed E-state index contributed by atoms with van der Waals surface area (Å²) in [4.78, 5) is 40.0. The maximum atomic E-state index is 12.7. The first kappa shape index (κ1) is 32.8. The van der Waals surface area contributed by atoms with Gasteiger partial charge in [-0.05, 0) is 71.3 Å². The monoisotopic (exact) mass is 660 g/mol. The Labute approximate surface area is 260 Å². The van der Waals surface area contributed by atoms with Crippen molar-refractivity contribution in [3.63, 3.8) is 0 Å². The summed E-state index contributed by atoms with van der Waals surface area (Å²) in [6.07, 6.45) is 8.58. The van der Waals surface area contributed by atoms with Gasteiger partial charge in [-0.1, -0.05) is 27.7 Å². The quantitative estimate of drug-likeness (QED) is 0.282. The first-order valence-electron chi connectivity index (χ1n) is 14.2. The molecule has 11 heteroatoms. The van der Waals surface area contributed by atoms with Gasteiger partial charge in [0.1, 0.15) is 11.7 Å². The molecule has 222 valence electrons.